The summed E-state index contributed by atoms with van der Waals surface area (Å²) in [5.74, 6) is -1.81. The fourth-order valence-corrected chi connectivity index (χ4v) is 4.35. The number of aromatic nitrogens is 1. The summed E-state index contributed by atoms with van der Waals surface area (Å²) in [5.41, 5.74) is 3.85. The Morgan fingerprint density at radius 1 is 0.892 bits per heavy atom. The smallest absolute Gasteiger partial charge is 0.268 e. The van der Waals surface area contributed by atoms with E-state index in [1.54, 1.807) is 22.9 Å². The Morgan fingerprint density at radius 3 is 2.35 bits per heavy atom. The molecular formula is C30H31F2N3O2. The molecule has 4 rings (SSSR count). The van der Waals surface area contributed by atoms with Crippen LogP contribution in [0.4, 0.5) is 8.78 Å². The van der Waals surface area contributed by atoms with E-state index in [0.717, 1.165) is 23.7 Å². The number of nitrogens with zero attached hydrogens (tertiary/aromatic N) is 1. The third kappa shape index (κ3) is 7.12. The van der Waals surface area contributed by atoms with E-state index in [0.29, 0.717) is 17.8 Å². The number of halogens is 2. The zero-order valence-corrected chi connectivity index (χ0v) is 20.7. The molecule has 0 aliphatic heterocycles. The molecule has 2 atom stereocenters. The lowest BCUT2D eigenvalue weighted by Crippen LogP contribution is -2.49. The lowest BCUT2D eigenvalue weighted by molar-refractivity contribution is 0.0823. The second-order valence-electron chi connectivity index (χ2n) is 9.03. The van der Waals surface area contributed by atoms with Gasteiger partial charge in [-0.3, -0.25) is 4.79 Å². The van der Waals surface area contributed by atoms with Crippen LogP contribution < -0.4 is 10.6 Å². The molecule has 0 saturated heterocycles. The minimum absolute atomic E-state index is 0.0562. The Kier molecular flexibility index (Phi) is 8.82. The normalized spacial score (nSPS) is 12.8. The number of aryl methyl sites for hydroxylation is 1. The first kappa shape index (κ1) is 26.3. The molecule has 5 nitrogen and oxygen atoms in total. The zero-order chi connectivity index (χ0) is 26.2. The number of para-hydroxylation sites is 1. The van der Waals surface area contributed by atoms with E-state index in [4.69, 9.17) is 0 Å². The van der Waals surface area contributed by atoms with Crippen molar-refractivity contribution in [2.45, 2.75) is 38.5 Å². The van der Waals surface area contributed by atoms with Gasteiger partial charge in [0.05, 0.1) is 12.1 Å². The van der Waals surface area contributed by atoms with Gasteiger partial charge in [0, 0.05) is 31.0 Å². The number of aliphatic hydroxyl groups is 1. The average molecular weight is 504 g/mol. The Morgan fingerprint density at radius 2 is 1.62 bits per heavy atom. The molecule has 0 saturated carbocycles. The summed E-state index contributed by atoms with van der Waals surface area (Å²) in [4.78, 5) is 13.3. The highest BCUT2D eigenvalue weighted by Gasteiger charge is 2.24. The van der Waals surface area contributed by atoms with Gasteiger partial charge in [-0.25, -0.2) is 8.78 Å². The molecule has 3 aromatic carbocycles. The fraction of sp³-hybridized carbons (Fsp3) is 0.233. The van der Waals surface area contributed by atoms with Gasteiger partial charge in [-0.2, -0.15) is 0 Å². The molecule has 1 amide bonds. The maximum atomic E-state index is 13.9. The van der Waals surface area contributed by atoms with E-state index >= 15 is 0 Å². The molecular weight excluding hydrogens is 472 g/mol. The van der Waals surface area contributed by atoms with Gasteiger partial charge >= 0.3 is 0 Å². The third-order valence-electron chi connectivity index (χ3n) is 6.26. The largest absolute Gasteiger partial charge is 0.390 e. The summed E-state index contributed by atoms with van der Waals surface area (Å²) < 4.78 is 29.5. The molecule has 192 valence electrons. The SMILES string of the molecule is CCc1cccc(CNC[C@@H](O)[C@H](Cc2cc(F)cc(F)c2)NC(=O)c2cccn2-c2ccccc2)c1. The second-order valence-corrected chi connectivity index (χ2v) is 9.03. The molecule has 37 heavy (non-hydrogen) atoms. The minimum atomic E-state index is -1.01. The zero-order valence-electron chi connectivity index (χ0n) is 20.7. The summed E-state index contributed by atoms with van der Waals surface area (Å²) >= 11 is 0. The van der Waals surface area contributed by atoms with Crippen molar-refractivity contribution in [2.75, 3.05) is 6.54 Å². The van der Waals surface area contributed by atoms with Crippen molar-refractivity contribution in [3.63, 3.8) is 0 Å². The summed E-state index contributed by atoms with van der Waals surface area (Å²) in [6.07, 6.45) is 1.76. The Hall–Kier alpha value is -3.81. The first-order valence-electron chi connectivity index (χ1n) is 12.4. The van der Waals surface area contributed by atoms with Gasteiger partial charge in [0.25, 0.3) is 5.91 Å². The lowest BCUT2D eigenvalue weighted by atomic mass is 10.00. The predicted molar refractivity (Wildman–Crippen MR) is 141 cm³/mol. The summed E-state index contributed by atoms with van der Waals surface area (Å²) in [5, 5.41) is 17.2. The number of rotatable bonds is 11. The molecule has 4 aromatic rings. The Labute approximate surface area is 215 Å². The van der Waals surface area contributed by atoms with Crippen LogP contribution in [0.2, 0.25) is 0 Å². The van der Waals surface area contributed by atoms with Gasteiger partial charge in [0.1, 0.15) is 17.3 Å². The topological polar surface area (TPSA) is 66.3 Å². The van der Waals surface area contributed by atoms with Crippen LogP contribution in [0.5, 0.6) is 0 Å². The van der Waals surface area contributed by atoms with E-state index in [1.807, 2.05) is 42.5 Å². The molecule has 1 aromatic heterocycles. The number of amides is 1. The summed E-state index contributed by atoms with van der Waals surface area (Å²) in [6, 6.07) is 23.5. The van der Waals surface area contributed by atoms with Gasteiger partial charge < -0.3 is 20.3 Å². The number of benzene rings is 3. The molecule has 0 unspecified atom stereocenters. The molecule has 0 radical (unpaired) electrons. The molecule has 0 aliphatic rings. The second kappa shape index (κ2) is 12.4. The van der Waals surface area contributed by atoms with Crippen LogP contribution >= 0.6 is 0 Å². The number of hydrogen-bond donors (Lipinski definition) is 3. The van der Waals surface area contributed by atoms with Crippen molar-refractivity contribution in [2.24, 2.45) is 0 Å². The monoisotopic (exact) mass is 503 g/mol. The molecule has 0 spiro atoms. The molecule has 0 aliphatic carbocycles. The van der Waals surface area contributed by atoms with E-state index in [1.165, 1.54) is 17.7 Å². The highest BCUT2D eigenvalue weighted by molar-refractivity contribution is 5.93. The van der Waals surface area contributed by atoms with Gasteiger partial charge in [-0.05, 0) is 65.9 Å². The standard InChI is InChI=1S/C30H31F2N3O2/c1-2-21-8-6-9-22(14-21)19-33-20-29(36)27(17-23-15-24(31)18-25(32)16-23)34-30(37)28-12-7-13-35(28)26-10-4-3-5-11-26/h3-16,18,27,29,33,36H,2,17,19-20H2,1H3,(H,34,37)/t27-,29+/m0/s1. The maximum Gasteiger partial charge on any atom is 0.268 e. The molecule has 7 heteroatoms. The van der Waals surface area contributed by atoms with Crippen molar-refractivity contribution in [1.29, 1.82) is 0 Å². The fourth-order valence-electron chi connectivity index (χ4n) is 4.35. The lowest BCUT2D eigenvalue weighted by Gasteiger charge is -2.25. The van der Waals surface area contributed by atoms with Crippen LogP contribution in [-0.4, -0.2) is 34.3 Å². The molecule has 0 fully saturated rings. The van der Waals surface area contributed by atoms with Crippen molar-refractivity contribution in [3.8, 4) is 5.69 Å². The van der Waals surface area contributed by atoms with Crippen LogP contribution in [0.1, 0.15) is 34.1 Å². The van der Waals surface area contributed by atoms with E-state index in [-0.39, 0.29) is 13.0 Å². The van der Waals surface area contributed by atoms with Crippen LogP contribution in [0.25, 0.3) is 5.69 Å². The van der Waals surface area contributed by atoms with E-state index < -0.39 is 29.7 Å². The number of carbonyl (C=O) groups is 1. The predicted octanol–water partition coefficient (Wildman–Crippen LogP) is 4.81. The number of hydrogen-bond acceptors (Lipinski definition) is 3. The van der Waals surface area contributed by atoms with Gasteiger partial charge in [0.2, 0.25) is 0 Å². The van der Waals surface area contributed by atoms with Crippen LogP contribution in [-0.2, 0) is 19.4 Å². The van der Waals surface area contributed by atoms with Crippen LogP contribution in [0.15, 0.2) is 91.1 Å². The van der Waals surface area contributed by atoms with Gasteiger partial charge in [0.15, 0.2) is 0 Å². The van der Waals surface area contributed by atoms with Crippen molar-refractivity contribution < 1.29 is 18.7 Å². The Bertz CT molecular complexity index is 1300. The van der Waals surface area contributed by atoms with E-state index in [2.05, 4.69) is 29.7 Å². The number of aliphatic hydroxyl groups excluding tert-OH is 1. The quantitative estimate of drug-likeness (QED) is 0.275. The van der Waals surface area contributed by atoms with Crippen LogP contribution in [0, 0.1) is 11.6 Å². The van der Waals surface area contributed by atoms with Crippen molar-refractivity contribution >= 4 is 5.91 Å². The van der Waals surface area contributed by atoms with Gasteiger partial charge in [-0.15, -0.1) is 0 Å². The third-order valence-corrected chi connectivity index (χ3v) is 6.26. The van der Waals surface area contributed by atoms with Crippen molar-refractivity contribution in [1.82, 2.24) is 15.2 Å². The molecule has 1 heterocycles. The minimum Gasteiger partial charge on any atom is -0.390 e. The first-order valence-corrected chi connectivity index (χ1v) is 12.4. The highest BCUT2D eigenvalue weighted by atomic mass is 19.1. The molecule has 0 bridgehead atoms. The Balaban J connectivity index is 1.50. The van der Waals surface area contributed by atoms with Gasteiger partial charge in [-0.1, -0.05) is 49.4 Å². The number of carbonyl (C=O) groups excluding carboxylic acids is 1. The van der Waals surface area contributed by atoms with Crippen molar-refractivity contribution in [3.05, 3.63) is 125 Å². The summed E-state index contributed by atoms with van der Waals surface area (Å²) in [6.45, 7) is 2.81. The first-order chi connectivity index (χ1) is 17.9. The average Bonchev–Trinajstić information content (AvgIpc) is 3.39. The van der Waals surface area contributed by atoms with E-state index in [9.17, 15) is 18.7 Å². The van der Waals surface area contributed by atoms with Crippen LogP contribution in [0.3, 0.4) is 0 Å². The maximum absolute atomic E-state index is 13.9. The number of nitrogens with one attached hydrogen (secondary N) is 2. The molecule has 3 N–H and O–H groups in total. The highest BCUT2D eigenvalue weighted by Crippen LogP contribution is 2.15. The summed E-state index contributed by atoms with van der Waals surface area (Å²) in [7, 11) is 0.